The molecule has 2 N–H and O–H groups in total. The van der Waals surface area contributed by atoms with Crippen molar-refractivity contribution in [1.29, 1.82) is 0 Å². The molecule has 1 aliphatic rings. The van der Waals surface area contributed by atoms with Crippen LogP contribution < -0.4 is 5.73 Å². The fourth-order valence-electron chi connectivity index (χ4n) is 2.37. The van der Waals surface area contributed by atoms with Crippen molar-refractivity contribution in [3.8, 4) is 0 Å². The molecule has 0 amide bonds. The molecule has 1 saturated heterocycles. The lowest BCUT2D eigenvalue weighted by molar-refractivity contribution is -0.385. The lowest BCUT2D eigenvalue weighted by Gasteiger charge is -2.30. The average molecular weight is 299 g/mol. The number of benzene rings is 1. The summed E-state index contributed by atoms with van der Waals surface area (Å²) in [6, 6.07) is 3.63. The third-order valence-electron chi connectivity index (χ3n) is 3.41. The van der Waals surface area contributed by atoms with E-state index in [9.17, 15) is 18.5 Å². The lowest BCUT2D eigenvalue weighted by Crippen LogP contribution is -2.45. The fourth-order valence-corrected chi connectivity index (χ4v) is 4.11. The summed E-state index contributed by atoms with van der Waals surface area (Å²) in [6.45, 7) is 2.29. The lowest BCUT2D eigenvalue weighted by atomic mass is 10.1. The van der Waals surface area contributed by atoms with E-state index < -0.39 is 14.9 Å². The van der Waals surface area contributed by atoms with Gasteiger partial charge in [-0.15, -0.1) is 0 Å². The summed E-state index contributed by atoms with van der Waals surface area (Å²) in [5.74, 6) is 0. The van der Waals surface area contributed by atoms with Gasteiger partial charge in [0.2, 0.25) is 10.0 Å². The molecule has 1 unspecified atom stereocenters. The van der Waals surface area contributed by atoms with Crippen LogP contribution in [0.2, 0.25) is 0 Å². The standard InChI is InChI=1S/C12H17N3O4S/c1-9-7-11(15(16)17)4-5-12(9)20(18,19)14-6-2-3-10(13)8-14/h4-5,7,10H,2-3,6,8,13H2,1H3. The van der Waals surface area contributed by atoms with Gasteiger partial charge in [0.15, 0.2) is 0 Å². The van der Waals surface area contributed by atoms with Gasteiger partial charge >= 0.3 is 0 Å². The molecule has 0 aliphatic carbocycles. The van der Waals surface area contributed by atoms with Gasteiger partial charge in [-0.25, -0.2) is 8.42 Å². The minimum absolute atomic E-state index is 0.109. The number of nitrogens with zero attached hydrogens (tertiary/aromatic N) is 2. The first-order chi connectivity index (χ1) is 9.32. The number of nitro benzene ring substituents is 1. The van der Waals surface area contributed by atoms with E-state index in [0.29, 0.717) is 18.7 Å². The van der Waals surface area contributed by atoms with E-state index in [1.807, 2.05) is 0 Å². The van der Waals surface area contributed by atoms with Crippen LogP contribution in [0.3, 0.4) is 0 Å². The molecule has 1 fully saturated rings. The highest BCUT2D eigenvalue weighted by atomic mass is 32.2. The molecule has 0 radical (unpaired) electrons. The number of aryl methyl sites for hydroxylation is 1. The summed E-state index contributed by atoms with van der Waals surface area (Å²) >= 11 is 0. The van der Waals surface area contributed by atoms with Crippen LogP contribution in [0.25, 0.3) is 0 Å². The summed E-state index contributed by atoms with van der Waals surface area (Å²) in [6.07, 6.45) is 1.54. The Bertz CT molecular complexity index is 630. The predicted molar refractivity (Wildman–Crippen MR) is 73.8 cm³/mol. The maximum Gasteiger partial charge on any atom is 0.269 e. The second kappa shape index (κ2) is 5.47. The molecular formula is C12H17N3O4S. The molecule has 0 bridgehead atoms. The van der Waals surface area contributed by atoms with E-state index in [1.165, 1.54) is 22.5 Å². The Hall–Kier alpha value is -1.51. The van der Waals surface area contributed by atoms with Gasteiger partial charge in [-0.2, -0.15) is 4.31 Å². The fraction of sp³-hybridized carbons (Fsp3) is 0.500. The van der Waals surface area contributed by atoms with E-state index >= 15 is 0 Å². The zero-order valence-corrected chi connectivity index (χ0v) is 12.0. The minimum Gasteiger partial charge on any atom is -0.327 e. The highest BCUT2D eigenvalue weighted by molar-refractivity contribution is 7.89. The third kappa shape index (κ3) is 2.82. The Kier molecular flexibility index (Phi) is 4.07. The molecule has 7 nitrogen and oxygen atoms in total. The van der Waals surface area contributed by atoms with Crippen LogP contribution in [0.15, 0.2) is 23.1 Å². The first kappa shape index (κ1) is 14.9. The van der Waals surface area contributed by atoms with Gasteiger partial charge in [-0.1, -0.05) is 0 Å². The SMILES string of the molecule is Cc1cc([N+](=O)[O-])ccc1S(=O)(=O)N1CCCC(N)C1. The van der Waals surface area contributed by atoms with Gasteiger partial charge in [-0.3, -0.25) is 10.1 Å². The highest BCUT2D eigenvalue weighted by Crippen LogP contribution is 2.25. The number of hydrogen-bond acceptors (Lipinski definition) is 5. The number of nitro groups is 1. The number of piperidine rings is 1. The molecule has 0 aromatic heterocycles. The normalized spacial score (nSPS) is 20.8. The van der Waals surface area contributed by atoms with Crippen molar-refractivity contribution in [3.05, 3.63) is 33.9 Å². The molecule has 1 heterocycles. The maximum absolute atomic E-state index is 12.5. The highest BCUT2D eigenvalue weighted by Gasteiger charge is 2.30. The van der Waals surface area contributed by atoms with E-state index in [1.54, 1.807) is 6.92 Å². The Morgan fingerprint density at radius 1 is 1.45 bits per heavy atom. The Morgan fingerprint density at radius 3 is 2.70 bits per heavy atom. The van der Waals surface area contributed by atoms with Crippen LogP contribution in [0, 0.1) is 17.0 Å². The topological polar surface area (TPSA) is 107 Å². The molecule has 8 heteroatoms. The molecular weight excluding hydrogens is 282 g/mol. The van der Waals surface area contributed by atoms with Gasteiger partial charge < -0.3 is 5.73 Å². The molecule has 20 heavy (non-hydrogen) atoms. The van der Waals surface area contributed by atoms with E-state index in [-0.39, 0.29) is 16.6 Å². The van der Waals surface area contributed by atoms with Gasteiger partial charge in [0.05, 0.1) is 9.82 Å². The summed E-state index contributed by atoms with van der Waals surface area (Å²) in [7, 11) is -3.64. The summed E-state index contributed by atoms with van der Waals surface area (Å²) in [4.78, 5) is 10.3. The third-order valence-corrected chi connectivity index (χ3v) is 5.43. The van der Waals surface area contributed by atoms with E-state index in [4.69, 9.17) is 5.73 Å². The average Bonchev–Trinajstić information content (AvgIpc) is 2.38. The maximum atomic E-state index is 12.5. The van der Waals surface area contributed by atoms with Crippen molar-refractivity contribution in [2.75, 3.05) is 13.1 Å². The first-order valence-corrected chi connectivity index (χ1v) is 7.77. The Labute approximate surface area is 117 Å². The Morgan fingerprint density at radius 2 is 2.15 bits per heavy atom. The van der Waals surface area contributed by atoms with Crippen LogP contribution in [0.4, 0.5) is 5.69 Å². The second-order valence-corrected chi connectivity index (χ2v) is 6.88. The molecule has 110 valence electrons. The second-order valence-electron chi connectivity index (χ2n) is 4.97. The number of sulfonamides is 1. The minimum atomic E-state index is -3.64. The van der Waals surface area contributed by atoms with E-state index in [2.05, 4.69) is 0 Å². The van der Waals surface area contributed by atoms with Crippen LogP contribution in [0.5, 0.6) is 0 Å². The molecule has 1 atom stereocenters. The van der Waals surface area contributed by atoms with Crippen LogP contribution in [-0.2, 0) is 10.0 Å². The van der Waals surface area contributed by atoms with Crippen molar-refractivity contribution < 1.29 is 13.3 Å². The number of hydrogen-bond donors (Lipinski definition) is 1. The molecule has 1 aromatic rings. The van der Waals surface area contributed by atoms with Crippen molar-refractivity contribution in [2.45, 2.75) is 30.7 Å². The smallest absolute Gasteiger partial charge is 0.269 e. The largest absolute Gasteiger partial charge is 0.327 e. The molecule has 0 saturated carbocycles. The van der Waals surface area contributed by atoms with Crippen molar-refractivity contribution in [3.63, 3.8) is 0 Å². The summed E-state index contributed by atoms with van der Waals surface area (Å²) < 4.78 is 26.4. The van der Waals surface area contributed by atoms with Crippen LogP contribution in [-0.4, -0.2) is 36.8 Å². The first-order valence-electron chi connectivity index (χ1n) is 6.33. The van der Waals surface area contributed by atoms with Gasteiger partial charge in [-0.05, 0) is 31.4 Å². The van der Waals surface area contributed by atoms with Gasteiger partial charge in [0.1, 0.15) is 0 Å². The number of nitrogens with two attached hydrogens (primary N) is 1. The summed E-state index contributed by atoms with van der Waals surface area (Å²) in [5, 5.41) is 10.7. The van der Waals surface area contributed by atoms with Crippen molar-refractivity contribution in [1.82, 2.24) is 4.31 Å². The Balaban J connectivity index is 2.36. The van der Waals surface area contributed by atoms with Crippen LogP contribution >= 0.6 is 0 Å². The zero-order valence-electron chi connectivity index (χ0n) is 11.2. The summed E-state index contributed by atoms with van der Waals surface area (Å²) in [5.41, 5.74) is 6.07. The van der Waals surface area contributed by atoms with E-state index in [0.717, 1.165) is 12.8 Å². The van der Waals surface area contributed by atoms with Crippen molar-refractivity contribution >= 4 is 15.7 Å². The quantitative estimate of drug-likeness (QED) is 0.662. The predicted octanol–water partition coefficient (Wildman–Crippen LogP) is 1.02. The monoisotopic (exact) mass is 299 g/mol. The molecule has 2 rings (SSSR count). The van der Waals surface area contributed by atoms with Gasteiger partial charge in [0.25, 0.3) is 5.69 Å². The number of rotatable bonds is 3. The zero-order chi connectivity index (χ0) is 14.9. The molecule has 0 spiro atoms. The van der Waals surface area contributed by atoms with Crippen LogP contribution in [0.1, 0.15) is 18.4 Å². The van der Waals surface area contributed by atoms with Gasteiger partial charge in [0, 0.05) is 31.3 Å². The number of non-ortho nitro benzene ring substituents is 1. The molecule has 1 aromatic carbocycles. The molecule has 1 aliphatic heterocycles. The van der Waals surface area contributed by atoms with Crippen molar-refractivity contribution in [2.24, 2.45) is 5.73 Å².